The van der Waals surface area contributed by atoms with Crippen LogP contribution >= 0.6 is 11.6 Å². The summed E-state index contributed by atoms with van der Waals surface area (Å²) in [6.45, 7) is 0.452. The molecule has 1 N–H and O–H groups in total. The van der Waals surface area contributed by atoms with Crippen LogP contribution in [0.3, 0.4) is 0 Å². The Hall–Kier alpha value is -1.74. The molecule has 0 aliphatic carbocycles. The molecule has 1 heterocycles. The Morgan fingerprint density at radius 1 is 1.22 bits per heavy atom. The van der Waals surface area contributed by atoms with E-state index in [1.807, 2.05) is 47.3 Å². The second kappa shape index (κ2) is 5.74. The first-order chi connectivity index (χ1) is 8.66. The summed E-state index contributed by atoms with van der Waals surface area (Å²) in [6.07, 6.45) is 4.16. The van der Waals surface area contributed by atoms with Crippen LogP contribution in [0.1, 0.15) is 5.56 Å². The van der Waals surface area contributed by atoms with Crippen LogP contribution in [0, 0.1) is 5.92 Å². The van der Waals surface area contributed by atoms with Gasteiger partial charge in [-0.3, -0.25) is 4.79 Å². The summed E-state index contributed by atoms with van der Waals surface area (Å²) in [5, 5.41) is 9.89. The fourth-order valence-electron chi connectivity index (χ4n) is 1.91. The minimum atomic E-state index is -0.802. The molecule has 3 nitrogen and oxygen atoms in total. The Bertz CT molecular complexity index is 522. The SMILES string of the molecule is O=C(O)C(Cc1ccccc1Cl)Cn1cccc1. The van der Waals surface area contributed by atoms with Crippen LogP contribution in [0.5, 0.6) is 0 Å². The summed E-state index contributed by atoms with van der Waals surface area (Å²) < 4.78 is 1.87. The largest absolute Gasteiger partial charge is 0.481 e. The van der Waals surface area contributed by atoms with Gasteiger partial charge >= 0.3 is 5.97 Å². The molecule has 0 aliphatic rings. The van der Waals surface area contributed by atoms with E-state index in [1.54, 1.807) is 6.07 Å². The molecule has 2 rings (SSSR count). The summed E-state index contributed by atoms with van der Waals surface area (Å²) in [7, 11) is 0. The Balaban J connectivity index is 2.12. The molecule has 0 radical (unpaired) electrons. The van der Waals surface area contributed by atoms with E-state index in [9.17, 15) is 9.90 Å². The lowest BCUT2D eigenvalue weighted by atomic mass is 9.99. The fraction of sp³-hybridized carbons (Fsp3) is 0.214. The lowest BCUT2D eigenvalue weighted by Crippen LogP contribution is -2.22. The van der Waals surface area contributed by atoms with Crippen molar-refractivity contribution < 1.29 is 9.90 Å². The first-order valence-electron chi connectivity index (χ1n) is 5.74. The predicted octanol–water partition coefficient (Wildman–Crippen LogP) is 3.09. The van der Waals surface area contributed by atoms with Gasteiger partial charge in [-0.15, -0.1) is 0 Å². The third-order valence-corrected chi connectivity index (χ3v) is 3.24. The number of aromatic nitrogens is 1. The molecule has 0 bridgehead atoms. The van der Waals surface area contributed by atoms with Crippen molar-refractivity contribution in [1.29, 1.82) is 0 Å². The maximum Gasteiger partial charge on any atom is 0.308 e. The van der Waals surface area contributed by atoms with E-state index in [-0.39, 0.29) is 0 Å². The summed E-state index contributed by atoms with van der Waals surface area (Å²) in [5.41, 5.74) is 0.874. The lowest BCUT2D eigenvalue weighted by Gasteiger charge is -2.14. The number of benzene rings is 1. The van der Waals surface area contributed by atoms with Crippen molar-refractivity contribution in [3.63, 3.8) is 0 Å². The Morgan fingerprint density at radius 2 is 1.89 bits per heavy atom. The van der Waals surface area contributed by atoms with Gasteiger partial charge in [0.05, 0.1) is 5.92 Å². The van der Waals surface area contributed by atoms with Crippen LogP contribution in [0.25, 0.3) is 0 Å². The molecular formula is C14H14ClNO2. The lowest BCUT2D eigenvalue weighted by molar-refractivity contribution is -0.142. The molecule has 94 valence electrons. The van der Waals surface area contributed by atoms with Crippen LogP contribution in [-0.2, 0) is 17.8 Å². The van der Waals surface area contributed by atoms with E-state index in [0.717, 1.165) is 5.56 Å². The number of rotatable bonds is 5. The van der Waals surface area contributed by atoms with E-state index in [1.165, 1.54) is 0 Å². The fourth-order valence-corrected chi connectivity index (χ4v) is 2.12. The maximum absolute atomic E-state index is 11.3. The van der Waals surface area contributed by atoms with E-state index >= 15 is 0 Å². The summed E-state index contributed by atoms with van der Waals surface area (Å²) in [6, 6.07) is 11.1. The number of hydrogen-bond acceptors (Lipinski definition) is 1. The smallest absolute Gasteiger partial charge is 0.308 e. The van der Waals surface area contributed by atoms with E-state index in [0.29, 0.717) is 18.0 Å². The number of carboxylic acid groups (broad SMARTS) is 1. The standard InChI is InChI=1S/C14H14ClNO2/c15-13-6-2-1-5-11(13)9-12(14(17)18)10-16-7-3-4-8-16/h1-8,12H,9-10H2,(H,17,18). The monoisotopic (exact) mass is 263 g/mol. The van der Waals surface area contributed by atoms with Gasteiger partial charge in [-0.05, 0) is 30.2 Å². The van der Waals surface area contributed by atoms with Gasteiger partial charge in [0.2, 0.25) is 0 Å². The van der Waals surface area contributed by atoms with Gasteiger partial charge in [-0.25, -0.2) is 0 Å². The molecule has 0 aliphatic heterocycles. The minimum absolute atomic E-state index is 0.438. The second-order valence-corrected chi connectivity index (χ2v) is 4.62. The second-order valence-electron chi connectivity index (χ2n) is 4.21. The first kappa shape index (κ1) is 12.7. The highest BCUT2D eigenvalue weighted by Gasteiger charge is 2.19. The number of hydrogen-bond donors (Lipinski definition) is 1. The summed E-state index contributed by atoms with van der Waals surface area (Å²) in [5.74, 6) is -1.28. The zero-order chi connectivity index (χ0) is 13.0. The number of nitrogens with zero attached hydrogens (tertiary/aromatic N) is 1. The van der Waals surface area contributed by atoms with Crippen LogP contribution in [0.15, 0.2) is 48.8 Å². The molecule has 4 heteroatoms. The normalized spacial score (nSPS) is 12.3. The zero-order valence-electron chi connectivity index (χ0n) is 9.79. The Kier molecular flexibility index (Phi) is 4.05. The van der Waals surface area contributed by atoms with E-state index in [4.69, 9.17) is 11.6 Å². The highest BCUT2D eigenvalue weighted by atomic mass is 35.5. The zero-order valence-corrected chi connectivity index (χ0v) is 10.5. The maximum atomic E-state index is 11.3. The molecule has 1 aromatic carbocycles. The number of halogens is 1. The molecule has 0 amide bonds. The third-order valence-electron chi connectivity index (χ3n) is 2.87. The topological polar surface area (TPSA) is 42.2 Å². The number of carboxylic acids is 1. The van der Waals surface area contributed by atoms with Crippen molar-refractivity contribution >= 4 is 17.6 Å². The van der Waals surface area contributed by atoms with Crippen molar-refractivity contribution in [2.75, 3.05) is 0 Å². The van der Waals surface area contributed by atoms with Gasteiger partial charge in [0.15, 0.2) is 0 Å². The van der Waals surface area contributed by atoms with Gasteiger partial charge in [0.25, 0.3) is 0 Å². The van der Waals surface area contributed by atoms with Crippen molar-refractivity contribution in [3.8, 4) is 0 Å². The highest BCUT2D eigenvalue weighted by Crippen LogP contribution is 2.20. The predicted molar refractivity (Wildman–Crippen MR) is 70.7 cm³/mol. The molecule has 18 heavy (non-hydrogen) atoms. The Labute approximate surface area is 111 Å². The van der Waals surface area contributed by atoms with E-state index in [2.05, 4.69) is 0 Å². The quantitative estimate of drug-likeness (QED) is 0.901. The molecule has 0 spiro atoms. The number of aliphatic carboxylic acids is 1. The average Bonchev–Trinajstić information content (AvgIpc) is 2.83. The first-order valence-corrected chi connectivity index (χ1v) is 6.11. The number of carbonyl (C=O) groups is 1. The van der Waals surface area contributed by atoms with Gasteiger partial charge in [0, 0.05) is 24.0 Å². The molecule has 0 saturated heterocycles. The molecular weight excluding hydrogens is 250 g/mol. The van der Waals surface area contributed by atoms with Gasteiger partial charge in [-0.1, -0.05) is 29.8 Å². The van der Waals surface area contributed by atoms with Crippen molar-refractivity contribution in [3.05, 3.63) is 59.4 Å². The molecule has 1 atom stereocenters. The van der Waals surface area contributed by atoms with Gasteiger partial charge in [0.1, 0.15) is 0 Å². The van der Waals surface area contributed by atoms with E-state index < -0.39 is 11.9 Å². The molecule has 0 fully saturated rings. The van der Waals surface area contributed by atoms with Crippen molar-refractivity contribution in [2.24, 2.45) is 5.92 Å². The third kappa shape index (κ3) is 3.14. The minimum Gasteiger partial charge on any atom is -0.481 e. The molecule has 0 saturated carbocycles. The van der Waals surface area contributed by atoms with Gasteiger partial charge < -0.3 is 9.67 Å². The van der Waals surface area contributed by atoms with Crippen LogP contribution < -0.4 is 0 Å². The Morgan fingerprint density at radius 3 is 2.50 bits per heavy atom. The summed E-state index contributed by atoms with van der Waals surface area (Å²) >= 11 is 6.06. The van der Waals surface area contributed by atoms with Crippen LogP contribution in [0.2, 0.25) is 5.02 Å². The molecule has 2 aromatic rings. The average molecular weight is 264 g/mol. The highest BCUT2D eigenvalue weighted by molar-refractivity contribution is 6.31. The molecule has 1 aromatic heterocycles. The summed E-state index contributed by atoms with van der Waals surface area (Å²) in [4.78, 5) is 11.3. The van der Waals surface area contributed by atoms with Crippen LogP contribution in [-0.4, -0.2) is 15.6 Å². The van der Waals surface area contributed by atoms with Gasteiger partial charge in [-0.2, -0.15) is 0 Å². The van der Waals surface area contributed by atoms with Crippen molar-refractivity contribution in [2.45, 2.75) is 13.0 Å². The van der Waals surface area contributed by atoms with Crippen LogP contribution in [0.4, 0.5) is 0 Å². The molecule has 1 unspecified atom stereocenters. The van der Waals surface area contributed by atoms with Crippen molar-refractivity contribution in [1.82, 2.24) is 4.57 Å².